The molecule has 0 saturated heterocycles. The molecule has 0 bridgehead atoms. The SMILES string of the molecule is COc1ccc(C(=O)C2Sc3nnc(-c4cccc(C)c4)n3NC23C(=O)Nc2ccccc23)cc1. The zero-order valence-electron chi connectivity index (χ0n) is 19.0. The number of hydrogen-bond donors (Lipinski definition) is 2. The van der Waals surface area contributed by atoms with Gasteiger partial charge in [0.05, 0.1) is 7.11 Å². The number of para-hydroxylation sites is 1. The van der Waals surface area contributed by atoms with Crippen LogP contribution in [0.5, 0.6) is 5.75 Å². The van der Waals surface area contributed by atoms with Gasteiger partial charge in [0.15, 0.2) is 17.1 Å². The second-order valence-corrected chi connectivity index (χ2v) is 9.59. The average molecular weight is 484 g/mol. The van der Waals surface area contributed by atoms with Crippen molar-refractivity contribution in [2.24, 2.45) is 0 Å². The van der Waals surface area contributed by atoms with Crippen LogP contribution in [0.1, 0.15) is 21.5 Å². The van der Waals surface area contributed by atoms with Crippen molar-refractivity contribution in [1.29, 1.82) is 0 Å². The Morgan fingerprint density at radius 1 is 1.06 bits per heavy atom. The summed E-state index contributed by atoms with van der Waals surface area (Å²) >= 11 is 1.24. The highest BCUT2D eigenvalue weighted by Gasteiger charge is 2.59. The fraction of sp³-hybridized carbons (Fsp3) is 0.154. The summed E-state index contributed by atoms with van der Waals surface area (Å²) in [6.45, 7) is 2.00. The topological polar surface area (TPSA) is 98.1 Å². The Labute approximate surface area is 205 Å². The van der Waals surface area contributed by atoms with Crippen LogP contribution >= 0.6 is 11.8 Å². The summed E-state index contributed by atoms with van der Waals surface area (Å²) in [5, 5.41) is 11.4. The summed E-state index contributed by atoms with van der Waals surface area (Å²) in [6.07, 6.45) is 0. The Morgan fingerprint density at radius 3 is 2.63 bits per heavy atom. The number of methoxy groups -OCH3 is 1. The lowest BCUT2D eigenvalue weighted by Gasteiger charge is -2.40. The first-order valence-corrected chi connectivity index (χ1v) is 12.0. The van der Waals surface area contributed by atoms with Crippen LogP contribution in [0.4, 0.5) is 5.69 Å². The van der Waals surface area contributed by atoms with E-state index in [-0.39, 0.29) is 11.7 Å². The minimum atomic E-state index is -1.35. The maximum absolute atomic E-state index is 13.9. The van der Waals surface area contributed by atoms with Crippen molar-refractivity contribution in [2.75, 3.05) is 17.9 Å². The van der Waals surface area contributed by atoms with Gasteiger partial charge in [-0.05, 0) is 43.3 Å². The number of ketones is 1. The lowest BCUT2D eigenvalue weighted by Crippen LogP contribution is -2.58. The van der Waals surface area contributed by atoms with Crippen LogP contribution in [0.25, 0.3) is 11.4 Å². The van der Waals surface area contributed by atoms with Crippen molar-refractivity contribution < 1.29 is 14.3 Å². The predicted octanol–water partition coefficient (Wildman–Crippen LogP) is 4.01. The Bertz CT molecular complexity index is 1480. The predicted molar refractivity (Wildman–Crippen MR) is 133 cm³/mol. The molecule has 35 heavy (non-hydrogen) atoms. The third-order valence-electron chi connectivity index (χ3n) is 6.39. The second-order valence-electron chi connectivity index (χ2n) is 8.52. The molecule has 2 aliphatic rings. The molecule has 0 aliphatic carbocycles. The third-order valence-corrected chi connectivity index (χ3v) is 7.66. The minimum Gasteiger partial charge on any atom is -0.497 e. The fourth-order valence-electron chi connectivity index (χ4n) is 4.65. The molecule has 9 heteroatoms. The van der Waals surface area contributed by atoms with Gasteiger partial charge in [-0.15, -0.1) is 10.2 Å². The molecule has 2 N–H and O–H groups in total. The van der Waals surface area contributed by atoms with Crippen LogP contribution in [0, 0.1) is 6.92 Å². The summed E-state index contributed by atoms with van der Waals surface area (Å²) in [4.78, 5) is 27.6. The van der Waals surface area contributed by atoms with E-state index in [2.05, 4.69) is 20.9 Å². The van der Waals surface area contributed by atoms with Crippen LogP contribution < -0.4 is 15.5 Å². The molecule has 0 fully saturated rings. The van der Waals surface area contributed by atoms with E-state index in [1.165, 1.54) is 11.8 Å². The normalized spacial score (nSPS) is 20.1. The Hall–Kier alpha value is -4.11. The lowest BCUT2D eigenvalue weighted by molar-refractivity contribution is -0.120. The maximum Gasteiger partial charge on any atom is 0.257 e. The number of carbonyl (C=O) groups is 2. The van der Waals surface area contributed by atoms with E-state index in [1.54, 1.807) is 36.1 Å². The van der Waals surface area contributed by atoms with Gasteiger partial charge in [0.2, 0.25) is 5.16 Å². The molecule has 2 atom stereocenters. The summed E-state index contributed by atoms with van der Waals surface area (Å²) in [6, 6.07) is 22.2. The van der Waals surface area contributed by atoms with Gasteiger partial charge < -0.3 is 15.5 Å². The molecule has 1 spiro atoms. The summed E-state index contributed by atoms with van der Waals surface area (Å²) < 4.78 is 6.96. The molecule has 3 heterocycles. The molecule has 6 rings (SSSR count). The molecule has 2 aliphatic heterocycles. The molecule has 4 aromatic rings. The molecule has 2 unspecified atom stereocenters. The Balaban J connectivity index is 1.52. The fourth-order valence-corrected chi connectivity index (χ4v) is 5.90. The Kier molecular flexibility index (Phi) is 4.89. The number of hydrogen-bond acceptors (Lipinski definition) is 7. The quantitative estimate of drug-likeness (QED) is 0.423. The summed E-state index contributed by atoms with van der Waals surface area (Å²) in [5.41, 5.74) is 5.82. The molecular weight excluding hydrogens is 462 g/mol. The lowest BCUT2D eigenvalue weighted by atomic mass is 9.84. The van der Waals surface area contributed by atoms with Crippen LogP contribution in [-0.2, 0) is 10.3 Å². The third kappa shape index (κ3) is 3.23. The zero-order valence-corrected chi connectivity index (χ0v) is 19.8. The van der Waals surface area contributed by atoms with Gasteiger partial charge in [-0.3, -0.25) is 9.59 Å². The monoisotopic (exact) mass is 483 g/mol. The molecule has 1 aromatic heterocycles. The highest BCUT2D eigenvalue weighted by Crippen LogP contribution is 2.49. The largest absolute Gasteiger partial charge is 0.497 e. The number of anilines is 1. The van der Waals surface area contributed by atoms with Crippen molar-refractivity contribution >= 4 is 29.1 Å². The van der Waals surface area contributed by atoms with Crippen molar-refractivity contribution in [2.45, 2.75) is 22.9 Å². The van der Waals surface area contributed by atoms with Gasteiger partial charge in [0.1, 0.15) is 11.0 Å². The van der Waals surface area contributed by atoms with E-state index in [1.807, 2.05) is 55.5 Å². The van der Waals surface area contributed by atoms with Crippen molar-refractivity contribution in [1.82, 2.24) is 14.9 Å². The van der Waals surface area contributed by atoms with Gasteiger partial charge in [-0.1, -0.05) is 53.7 Å². The smallest absolute Gasteiger partial charge is 0.257 e. The minimum absolute atomic E-state index is 0.191. The van der Waals surface area contributed by atoms with Crippen molar-refractivity contribution in [3.05, 3.63) is 89.5 Å². The van der Waals surface area contributed by atoms with Gasteiger partial charge in [0.25, 0.3) is 5.91 Å². The van der Waals surface area contributed by atoms with Crippen LogP contribution in [0.2, 0.25) is 0 Å². The number of ether oxygens (including phenoxy) is 1. The first-order valence-electron chi connectivity index (χ1n) is 11.1. The zero-order chi connectivity index (χ0) is 24.2. The van der Waals surface area contributed by atoms with E-state index in [0.29, 0.717) is 33.5 Å². The molecule has 8 nitrogen and oxygen atoms in total. The number of thioether (sulfide) groups is 1. The number of nitrogens with zero attached hydrogens (tertiary/aromatic N) is 3. The van der Waals surface area contributed by atoms with Gasteiger partial charge in [0, 0.05) is 22.4 Å². The van der Waals surface area contributed by atoms with Gasteiger partial charge in [-0.25, -0.2) is 4.68 Å². The first-order chi connectivity index (χ1) is 17.0. The Morgan fingerprint density at radius 2 is 1.86 bits per heavy atom. The number of rotatable bonds is 4. The number of aryl methyl sites for hydroxylation is 1. The number of Topliss-reactive ketones (excluding diaryl/α,β-unsaturated/α-hetero) is 1. The molecule has 0 saturated carbocycles. The van der Waals surface area contributed by atoms with Crippen LogP contribution in [-0.4, -0.2) is 38.9 Å². The molecule has 1 amide bonds. The van der Waals surface area contributed by atoms with Crippen LogP contribution in [0.15, 0.2) is 78.0 Å². The van der Waals surface area contributed by atoms with E-state index >= 15 is 0 Å². The van der Waals surface area contributed by atoms with E-state index < -0.39 is 10.8 Å². The maximum atomic E-state index is 13.9. The van der Waals surface area contributed by atoms with E-state index in [9.17, 15) is 9.59 Å². The number of aromatic nitrogens is 3. The van der Waals surface area contributed by atoms with E-state index in [4.69, 9.17) is 4.74 Å². The second kappa shape index (κ2) is 7.99. The number of nitrogens with one attached hydrogen (secondary N) is 2. The summed E-state index contributed by atoms with van der Waals surface area (Å²) in [7, 11) is 1.57. The molecule has 174 valence electrons. The van der Waals surface area contributed by atoms with E-state index in [0.717, 1.165) is 11.1 Å². The first kappa shape index (κ1) is 21.4. The number of carbonyl (C=O) groups excluding carboxylic acids is 2. The van der Waals surface area contributed by atoms with Crippen molar-refractivity contribution in [3.8, 4) is 17.1 Å². The number of fused-ring (bicyclic) bond motifs is 3. The summed E-state index contributed by atoms with van der Waals surface area (Å²) in [5.74, 6) is 0.733. The highest BCUT2D eigenvalue weighted by atomic mass is 32.2. The number of amides is 1. The van der Waals surface area contributed by atoms with Crippen LogP contribution in [0.3, 0.4) is 0 Å². The molecular formula is C26H21N5O3S. The molecule has 0 radical (unpaired) electrons. The van der Waals surface area contributed by atoms with Gasteiger partial charge in [-0.2, -0.15) is 0 Å². The van der Waals surface area contributed by atoms with Gasteiger partial charge >= 0.3 is 0 Å². The van der Waals surface area contributed by atoms with Crippen molar-refractivity contribution in [3.63, 3.8) is 0 Å². The average Bonchev–Trinajstić information content (AvgIpc) is 3.42. The molecule has 3 aromatic carbocycles. The standard InChI is InChI=1S/C26H21N5O3S/c1-15-6-5-7-17(14-15)23-28-29-25-31(23)30-26(19-8-3-4-9-20(19)27-24(26)33)22(35-25)21(32)16-10-12-18(34-2)13-11-16/h3-14,22,30H,1-2H3,(H,27,33). The highest BCUT2D eigenvalue weighted by molar-refractivity contribution is 8.00. The number of benzene rings is 3.